The van der Waals surface area contributed by atoms with Crippen LogP contribution < -0.4 is 0 Å². The van der Waals surface area contributed by atoms with E-state index in [9.17, 15) is 0 Å². The molecule has 22 heavy (non-hydrogen) atoms. The summed E-state index contributed by atoms with van der Waals surface area (Å²) in [5.41, 5.74) is 4.97. The number of pyridine rings is 2. The topological polar surface area (TPSA) is 25.8 Å². The van der Waals surface area contributed by atoms with Crippen molar-refractivity contribution in [1.29, 1.82) is 0 Å². The van der Waals surface area contributed by atoms with Crippen molar-refractivity contribution < 1.29 is 0 Å². The van der Waals surface area contributed by atoms with Gasteiger partial charge in [-0.25, -0.2) is 0 Å². The SMILES string of the molecule is Cc1cc(Cc2ccc3cnccc3c2)cc2cccnc12. The third-order valence-electron chi connectivity index (χ3n) is 4.07. The molecule has 2 heteroatoms. The first kappa shape index (κ1) is 13.0. The van der Waals surface area contributed by atoms with E-state index in [1.165, 1.54) is 32.8 Å². The van der Waals surface area contributed by atoms with Crippen LogP contribution in [-0.4, -0.2) is 9.97 Å². The number of fused-ring (bicyclic) bond motifs is 2. The Morgan fingerprint density at radius 1 is 0.818 bits per heavy atom. The first-order valence-corrected chi connectivity index (χ1v) is 7.46. The molecular weight excluding hydrogens is 268 g/mol. The summed E-state index contributed by atoms with van der Waals surface area (Å²) in [6.07, 6.45) is 6.54. The van der Waals surface area contributed by atoms with Gasteiger partial charge in [0.25, 0.3) is 0 Å². The molecule has 0 saturated heterocycles. The third-order valence-corrected chi connectivity index (χ3v) is 4.07. The fourth-order valence-corrected chi connectivity index (χ4v) is 3.03. The van der Waals surface area contributed by atoms with Crippen LogP contribution in [0.25, 0.3) is 21.7 Å². The van der Waals surface area contributed by atoms with Crippen LogP contribution in [0.2, 0.25) is 0 Å². The molecular formula is C20H16N2. The first-order chi connectivity index (χ1) is 10.8. The molecule has 0 aliphatic rings. The maximum Gasteiger partial charge on any atom is 0.0731 e. The van der Waals surface area contributed by atoms with Gasteiger partial charge in [-0.1, -0.05) is 30.3 Å². The van der Waals surface area contributed by atoms with E-state index in [2.05, 4.69) is 59.4 Å². The first-order valence-electron chi connectivity index (χ1n) is 7.46. The zero-order chi connectivity index (χ0) is 14.9. The molecule has 0 aliphatic heterocycles. The van der Waals surface area contributed by atoms with Crippen LogP contribution in [0.15, 0.2) is 67.1 Å². The summed E-state index contributed by atoms with van der Waals surface area (Å²) in [5, 5.41) is 3.64. The van der Waals surface area contributed by atoms with Gasteiger partial charge in [-0.05, 0) is 53.6 Å². The molecule has 2 aromatic heterocycles. The van der Waals surface area contributed by atoms with E-state index >= 15 is 0 Å². The lowest BCUT2D eigenvalue weighted by molar-refractivity contribution is 1.19. The number of aryl methyl sites for hydroxylation is 1. The van der Waals surface area contributed by atoms with Crippen LogP contribution in [-0.2, 0) is 6.42 Å². The van der Waals surface area contributed by atoms with E-state index in [1.54, 1.807) is 0 Å². The average molecular weight is 284 g/mol. The molecule has 0 fully saturated rings. The molecule has 0 unspecified atom stereocenters. The molecule has 0 radical (unpaired) electrons. The second kappa shape index (κ2) is 5.23. The number of benzene rings is 2. The van der Waals surface area contributed by atoms with Gasteiger partial charge in [0.2, 0.25) is 0 Å². The minimum Gasteiger partial charge on any atom is -0.264 e. The average Bonchev–Trinajstić information content (AvgIpc) is 2.55. The van der Waals surface area contributed by atoms with Gasteiger partial charge in [0.05, 0.1) is 5.52 Å². The molecule has 0 spiro atoms. The smallest absolute Gasteiger partial charge is 0.0731 e. The molecule has 0 atom stereocenters. The molecule has 4 aromatic rings. The molecule has 0 bridgehead atoms. The minimum atomic E-state index is 0.934. The highest BCUT2D eigenvalue weighted by Gasteiger charge is 2.04. The second-order valence-corrected chi connectivity index (χ2v) is 5.72. The van der Waals surface area contributed by atoms with Crippen molar-refractivity contribution in [2.75, 3.05) is 0 Å². The Bertz CT molecular complexity index is 973. The largest absolute Gasteiger partial charge is 0.264 e. The molecule has 4 rings (SSSR count). The highest BCUT2D eigenvalue weighted by atomic mass is 14.6. The highest BCUT2D eigenvalue weighted by Crippen LogP contribution is 2.22. The lowest BCUT2D eigenvalue weighted by Gasteiger charge is -2.08. The Kier molecular flexibility index (Phi) is 3.08. The summed E-state index contributed by atoms with van der Waals surface area (Å²) in [6.45, 7) is 2.13. The summed E-state index contributed by atoms with van der Waals surface area (Å²) < 4.78 is 0. The summed E-state index contributed by atoms with van der Waals surface area (Å²) in [5.74, 6) is 0. The Labute approximate surface area is 129 Å². The Morgan fingerprint density at radius 2 is 1.73 bits per heavy atom. The second-order valence-electron chi connectivity index (χ2n) is 5.72. The molecule has 0 saturated carbocycles. The zero-order valence-corrected chi connectivity index (χ0v) is 12.5. The predicted molar refractivity (Wildman–Crippen MR) is 91.0 cm³/mol. The molecule has 0 aliphatic carbocycles. The summed E-state index contributed by atoms with van der Waals surface area (Å²) >= 11 is 0. The zero-order valence-electron chi connectivity index (χ0n) is 12.5. The lowest BCUT2D eigenvalue weighted by atomic mass is 9.99. The van der Waals surface area contributed by atoms with Crippen molar-refractivity contribution in [2.24, 2.45) is 0 Å². The maximum absolute atomic E-state index is 4.46. The van der Waals surface area contributed by atoms with Crippen LogP contribution in [0.3, 0.4) is 0 Å². The summed E-state index contributed by atoms with van der Waals surface area (Å²) in [7, 11) is 0. The third kappa shape index (κ3) is 2.33. The van der Waals surface area contributed by atoms with Crippen molar-refractivity contribution in [2.45, 2.75) is 13.3 Å². The number of hydrogen-bond acceptors (Lipinski definition) is 2. The van der Waals surface area contributed by atoms with E-state index in [0.717, 1.165) is 11.9 Å². The molecule has 0 amide bonds. The quantitative estimate of drug-likeness (QED) is 0.534. The van der Waals surface area contributed by atoms with Gasteiger partial charge in [-0.2, -0.15) is 0 Å². The van der Waals surface area contributed by atoms with Crippen LogP contribution in [0, 0.1) is 6.92 Å². The number of hydrogen-bond donors (Lipinski definition) is 0. The molecule has 2 aromatic carbocycles. The molecule has 2 nitrogen and oxygen atoms in total. The lowest BCUT2D eigenvalue weighted by Crippen LogP contribution is -1.92. The molecule has 2 heterocycles. The van der Waals surface area contributed by atoms with Gasteiger partial charge >= 0.3 is 0 Å². The molecule has 106 valence electrons. The van der Waals surface area contributed by atoms with Gasteiger partial charge in [-0.3, -0.25) is 9.97 Å². The Morgan fingerprint density at radius 3 is 2.68 bits per heavy atom. The predicted octanol–water partition coefficient (Wildman–Crippen LogP) is 4.68. The van der Waals surface area contributed by atoms with Crippen molar-refractivity contribution in [3.05, 3.63) is 83.8 Å². The Hall–Kier alpha value is -2.74. The summed E-state index contributed by atoms with van der Waals surface area (Å²) in [6, 6.07) is 17.3. The van der Waals surface area contributed by atoms with Crippen molar-refractivity contribution in [1.82, 2.24) is 9.97 Å². The highest BCUT2D eigenvalue weighted by molar-refractivity contribution is 5.83. The van der Waals surface area contributed by atoms with Gasteiger partial charge in [0, 0.05) is 29.4 Å². The van der Waals surface area contributed by atoms with Crippen molar-refractivity contribution in [3.8, 4) is 0 Å². The monoisotopic (exact) mass is 284 g/mol. The van der Waals surface area contributed by atoms with Gasteiger partial charge in [0.1, 0.15) is 0 Å². The van der Waals surface area contributed by atoms with E-state index in [4.69, 9.17) is 0 Å². The number of aromatic nitrogens is 2. The van der Waals surface area contributed by atoms with Gasteiger partial charge in [-0.15, -0.1) is 0 Å². The van der Waals surface area contributed by atoms with E-state index < -0.39 is 0 Å². The van der Waals surface area contributed by atoms with Crippen LogP contribution >= 0.6 is 0 Å². The number of rotatable bonds is 2. The maximum atomic E-state index is 4.46. The van der Waals surface area contributed by atoms with Crippen LogP contribution in [0.5, 0.6) is 0 Å². The fourth-order valence-electron chi connectivity index (χ4n) is 3.03. The van der Waals surface area contributed by atoms with Crippen LogP contribution in [0.4, 0.5) is 0 Å². The van der Waals surface area contributed by atoms with Gasteiger partial charge < -0.3 is 0 Å². The van der Waals surface area contributed by atoms with Crippen LogP contribution in [0.1, 0.15) is 16.7 Å². The van der Waals surface area contributed by atoms with Gasteiger partial charge in [0.15, 0.2) is 0 Å². The standard InChI is InChI=1S/C20H16N2/c1-14-9-16(12-18-3-2-7-22-20(14)18)10-15-4-5-19-13-21-8-6-17(19)11-15/h2-9,11-13H,10H2,1H3. The fraction of sp³-hybridized carbons (Fsp3) is 0.100. The van der Waals surface area contributed by atoms with E-state index in [0.29, 0.717) is 0 Å². The van der Waals surface area contributed by atoms with Crippen molar-refractivity contribution in [3.63, 3.8) is 0 Å². The summed E-state index contributed by atoms with van der Waals surface area (Å²) in [4.78, 5) is 8.63. The van der Waals surface area contributed by atoms with E-state index in [-0.39, 0.29) is 0 Å². The Balaban J connectivity index is 1.75. The van der Waals surface area contributed by atoms with E-state index in [1.807, 2.05) is 24.7 Å². The van der Waals surface area contributed by atoms with Crippen molar-refractivity contribution >= 4 is 21.7 Å². The molecule has 0 N–H and O–H groups in total. The minimum absolute atomic E-state index is 0.934. The normalized spacial score (nSPS) is 11.1. The number of nitrogens with zero attached hydrogens (tertiary/aromatic N) is 2.